The van der Waals surface area contributed by atoms with Crippen molar-refractivity contribution in [2.45, 2.75) is 25.7 Å². The Hall–Kier alpha value is -3.84. The first-order valence-electron chi connectivity index (χ1n) is 11.7. The molecule has 0 fully saturated rings. The second-order valence-electron chi connectivity index (χ2n) is 9.78. The van der Waals surface area contributed by atoms with Gasteiger partial charge in [-0.3, -0.25) is 0 Å². The Balaban J connectivity index is 1.41. The minimum absolute atomic E-state index is 0.0333. The fourth-order valence-corrected chi connectivity index (χ4v) is 5.90. The van der Waals surface area contributed by atoms with Gasteiger partial charge in [0.15, 0.2) is 0 Å². The molecule has 158 valence electrons. The van der Waals surface area contributed by atoms with Crippen LogP contribution in [-0.4, -0.2) is 0 Å². The highest BCUT2D eigenvalue weighted by atomic mass is 16.3. The lowest BCUT2D eigenvalue weighted by molar-refractivity contribution is 0.660. The molecule has 0 amide bonds. The van der Waals surface area contributed by atoms with E-state index in [1.54, 1.807) is 0 Å². The molecule has 0 atom stereocenters. The lowest BCUT2D eigenvalue weighted by Gasteiger charge is -2.21. The molecule has 0 saturated carbocycles. The van der Waals surface area contributed by atoms with Crippen LogP contribution in [0.2, 0.25) is 0 Å². The molecule has 0 unspecified atom stereocenters. The topological polar surface area (TPSA) is 13.1 Å². The second-order valence-corrected chi connectivity index (χ2v) is 9.78. The van der Waals surface area contributed by atoms with Gasteiger partial charge < -0.3 is 4.42 Å². The van der Waals surface area contributed by atoms with Gasteiger partial charge in [-0.2, -0.15) is 0 Å². The van der Waals surface area contributed by atoms with Crippen LogP contribution >= 0.6 is 0 Å². The van der Waals surface area contributed by atoms with Crippen LogP contribution in [0.5, 0.6) is 0 Å². The van der Waals surface area contributed by atoms with Crippen LogP contribution in [-0.2, 0) is 11.8 Å². The first kappa shape index (κ1) is 18.7. The van der Waals surface area contributed by atoms with Crippen molar-refractivity contribution in [1.82, 2.24) is 0 Å². The van der Waals surface area contributed by atoms with E-state index in [2.05, 4.69) is 111 Å². The van der Waals surface area contributed by atoms with Crippen LogP contribution < -0.4 is 0 Å². The zero-order valence-electron chi connectivity index (χ0n) is 18.9. The van der Waals surface area contributed by atoms with E-state index in [4.69, 9.17) is 4.42 Å². The van der Waals surface area contributed by atoms with Crippen molar-refractivity contribution in [2.24, 2.45) is 0 Å². The van der Waals surface area contributed by atoms with Crippen molar-refractivity contribution in [3.8, 4) is 11.1 Å². The smallest absolute Gasteiger partial charge is 0.136 e. The quantitative estimate of drug-likeness (QED) is 0.271. The summed E-state index contributed by atoms with van der Waals surface area (Å²) in [4.78, 5) is 0. The number of fused-ring (bicyclic) bond motifs is 8. The number of rotatable bonds is 2. The van der Waals surface area contributed by atoms with Crippen molar-refractivity contribution in [1.29, 1.82) is 0 Å². The van der Waals surface area contributed by atoms with Crippen LogP contribution in [0, 0.1) is 0 Å². The molecule has 1 heterocycles. The zero-order chi connectivity index (χ0) is 22.2. The third kappa shape index (κ3) is 2.60. The van der Waals surface area contributed by atoms with E-state index in [1.165, 1.54) is 54.9 Å². The maximum Gasteiger partial charge on any atom is 0.136 e. The average molecular weight is 425 g/mol. The van der Waals surface area contributed by atoms with E-state index < -0.39 is 0 Å². The maximum absolute atomic E-state index is 6.21. The third-order valence-electron chi connectivity index (χ3n) is 7.51. The van der Waals surface area contributed by atoms with Gasteiger partial charge in [0.05, 0.1) is 0 Å². The van der Waals surface area contributed by atoms with Crippen LogP contribution in [0.25, 0.3) is 43.8 Å². The minimum atomic E-state index is 0.0333. The Morgan fingerprint density at radius 1 is 0.667 bits per heavy atom. The molecule has 5 aromatic carbocycles. The lowest BCUT2D eigenvalue weighted by atomic mass is 9.82. The summed E-state index contributed by atoms with van der Waals surface area (Å²) in [5, 5.41) is 4.92. The molecule has 0 radical (unpaired) electrons. The summed E-state index contributed by atoms with van der Waals surface area (Å²) in [7, 11) is 0. The maximum atomic E-state index is 6.21. The summed E-state index contributed by atoms with van der Waals surface area (Å²) < 4.78 is 6.21. The Labute approximate surface area is 193 Å². The van der Waals surface area contributed by atoms with E-state index in [9.17, 15) is 0 Å². The molecule has 1 heteroatoms. The van der Waals surface area contributed by atoms with Gasteiger partial charge in [0.1, 0.15) is 11.2 Å². The van der Waals surface area contributed by atoms with Gasteiger partial charge >= 0.3 is 0 Å². The molecule has 1 aliphatic carbocycles. The molecule has 7 rings (SSSR count). The monoisotopic (exact) mass is 424 g/mol. The van der Waals surface area contributed by atoms with Crippen molar-refractivity contribution in [3.63, 3.8) is 0 Å². The molecule has 6 aromatic rings. The summed E-state index contributed by atoms with van der Waals surface area (Å²) in [6, 6.07) is 35.2. The van der Waals surface area contributed by atoms with E-state index in [-0.39, 0.29) is 5.41 Å². The molecule has 0 spiro atoms. The van der Waals surface area contributed by atoms with E-state index in [0.717, 1.165) is 17.6 Å². The molecular weight excluding hydrogens is 400 g/mol. The summed E-state index contributed by atoms with van der Waals surface area (Å²) in [5.41, 5.74) is 10.3. The van der Waals surface area contributed by atoms with Gasteiger partial charge in [0.25, 0.3) is 0 Å². The molecule has 0 aliphatic heterocycles. The molecule has 33 heavy (non-hydrogen) atoms. The number of hydrogen-bond acceptors (Lipinski definition) is 1. The largest absolute Gasteiger partial charge is 0.456 e. The first-order chi connectivity index (χ1) is 16.1. The molecular formula is C32H24O. The Morgan fingerprint density at radius 3 is 2.39 bits per heavy atom. The zero-order valence-corrected chi connectivity index (χ0v) is 18.9. The van der Waals surface area contributed by atoms with Crippen LogP contribution in [0.1, 0.15) is 36.1 Å². The lowest BCUT2D eigenvalue weighted by Crippen LogP contribution is -2.14. The molecule has 1 aromatic heterocycles. The van der Waals surface area contributed by atoms with Gasteiger partial charge in [-0.05, 0) is 68.8 Å². The highest BCUT2D eigenvalue weighted by Gasteiger charge is 2.36. The highest BCUT2D eigenvalue weighted by Crippen LogP contribution is 2.50. The molecule has 0 saturated heterocycles. The summed E-state index contributed by atoms with van der Waals surface area (Å²) in [6.07, 6.45) is 0.904. The van der Waals surface area contributed by atoms with Gasteiger partial charge in [-0.1, -0.05) is 92.7 Å². The van der Waals surface area contributed by atoms with Crippen LogP contribution in [0.15, 0.2) is 101 Å². The average Bonchev–Trinajstić information content (AvgIpc) is 3.33. The van der Waals surface area contributed by atoms with Crippen molar-refractivity contribution < 1.29 is 4.42 Å². The summed E-state index contributed by atoms with van der Waals surface area (Å²) in [5.74, 6) is 0. The normalized spacial score (nSPS) is 14.1. The van der Waals surface area contributed by atoms with Crippen molar-refractivity contribution in [2.75, 3.05) is 0 Å². The number of hydrogen-bond donors (Lipinski definition) is 0. The van der Waals surface area contributed by atoms with E-state index >= 15 is 0 Å². The predicted molar refractivity (Wildman–Crippen MR) is 138 cm³/mol. The third-order valence-corrected chi connectivity index (χ3v) is 7.51. The predicted octanol–water partition coefficient (Wildman–Crippen LogP) is 8.64. The molecule has 0 bridgehead atoms. The molecule has 1 aliphatic rings. The fourth-order valence-electron chi connectivity index (χ4n) is 5.90. The first-order valence-corrected chi connectivity index (χ1v) is 11.7. The Morgan fingerprint density at radius 2 is 1.45 bits per heavy atom. The standard InChI is InChI=1S/C32H24O/c1-32(2)26-12-6-5-11-24(26)30-22(9-7-13-27(30)32)18-20-14-16-28-25(19-20)31-23-10-4-3-8-21(23)15-17-29(31)33-28/h3-17,19H,18H2,1-2H3. The molecule has 1 nitrogen and oxygen atoms in total. The number of benzene rings is 5. The van der Waals surface area contributed by atoms with E-state index in [0.29, 0.717) is 0 Å². The summed E-state index contributed by atoms with van der Waals surface area (Å²) >= 11 is 0. The molecule has 0 N–H and O–H groups in total. The van der Waals surface area contributed by atoms with Gasteiger partial charge in [-0.15, -0.1) is 0 Å². The van der Waals surface area contributed by atoms with Crippen molar-refractivity contribution in [3.05, 3.63) is 119 Å². The second kappa shape index (κ2) is 6.59. The van der Waals surface area contributed by atoms with Gasteiger partial charge in [0, 0.05) is 16.2 Å². The SMILES string of the molecule is CC1(C)c2ccccc2-c2c(Cc3ccc4oc5ccc6ccccc6c5c4c3)cccc21. The highest BCUT2D eigenvalue weighted by molar-refractivity contribution is 6.18. The Kier molecular flexibility index (Phi) is 3.73. The number of furan rings is 1. The van der Waals surface area contributed by atoms with Gasteiger partial charge in [-0.25, -0.2) is 0 Å². The minimum Gasteiger partial charge on any atom is -0.456 e. The summed E-state index contributed by atoms with van der Waals surface area (Å²) in [6.45, 7) is 4.69. The van der Waals surface area contributed by atoms with Gasteiger partial charge in [0.2, 0.25) is 0 Å². The fraction of sp³-hybridized carbons (Fsp3) is 0.125. The van der Waals surface area contributed by atoms with Crippen LogP contribution in [0.4, 0.5) is 0 Å². The van der Waals surface area contributed by atoms with Crippen molar-refractivity contribution >= 4 is 32.7 Å². The van der Waals surface area contributed by atoms with Crippen LogP contribution in [0.3, 0.4) is 0 Å². The van der Waals surface area contributed by atoms with E-state index in [1.807, 2.05) is 0 Å². The Bertz CT molecular complexity index is 1710.